The van der Waals surface area contributed by atoms with E-state index in [1.54, 1.807) is 18.2 Å². The van der Waals surface area contributed by atoms with Crippen molar-refractivity contribution in [2.75, 3.05) is 0 Å². The Morgan fingerprint density at radius 3 is 2.45 bits per heavy atom. The van der Waals surface area contributed by atoms with Gasteiger partial charge in [0.15, 0.2) is 0 Å². The van der Waals surface area contributed by atoms with Gasteiger partial charge < -0.3 is 10.2 Å². The van der Waals surface area contributed by atoms with Crippen LogP contribution in [0.5, 0.6) is 0 Å². The smallest absolute Gasteiger partial charge is 0.303 e. The number of hydrogen-bond acceptors (Lipinski definition) is 2. The van der Waals surface area contributed by atoms with E-state index < -0.39 is 12.1 Å². The van der Waals surface area contributed by atoms with E-state index in [0.717, 1.165) is 25.7 Å². The number of benzene rings is 1. The van der Waals surface area contributed by atoms with Crippen LogP contribution >= 0.6 is 23.2 Å². The molecule has 3 nitrogen and oxygen atoms in total. The maximum atomic E-state index is 11.1. The van der Waals surface area contributed by atoms with E-state index in [4.69, 9.17) is 28.3 Å². The van der Waals surface area contributed by atoms with Gasteiger partial charge in [-0.2, -0.15) is 0 Å². The molecule has 0 spiro atoms. The summed E-state index contributed by atoms with van der Waals surface area (Å²) >= 11 is 11.8. The molecule has 0 bridgehead atoms. The highest BCUT2D eigenvalue weighted by molar-refractivity contribution is 6.42. The predicted molar refractivity (Wildman–Crippen MR) is 79.2 cm³/mol. The van der Waals surface area contributed by atoms with Gasteiger partial charge in [0, 0.05) is 0 Å². The van der Waals surface area contributed by atoms with Crippen LogP contribution in [0.15, 0.2) is 18.2 Å². The number of halogens is 2. The van der Waals surface area contributed by atoms with E-state index in [9.17, 15) is 9.90 Å². The van der Waals surface area contributed by atoms with E-state index in [-0.39, 0.29) is 11.8 Å². The van der Waals surface area contributed by atoms with Crippen LogP contribution in [0.2, 0.25) is 10.0 Å². The molecule has 1 atom stereocenters. The zero-order valence-corrected chi connectivity index (χ0v) is 12.6. The topological polar surface area (TPSA) is 57.5 Å². The van der Waals surface area contributed by atoms with Crippen molar-refractivity contribution in [2.45, 2.75) is 44.6 Å². The highest BCUT2D eigenvalue weighted by Gasteiger charge is 2.38. The van der Waals surface area contributed by atoms with E-state index in [1.165, 1.54) is 0 Å². The Kier molecular flexibility index (Phi) is 4.95. The van der Waals surface area contributed by atoms with E-state index in [2.05, 4.69) is 0 Å². The minimum Gasteiger partial charge on any atom is -0.481 e. The Labute approximate surface area is 128 Å². The summed E-state index contributed by atoms with van der Waals surface area (Å²) in [5, 5.41) is 20.3. The Bertz CT molecular complexity index is 496. The third-order valence-electron chi connectivity index (χ3n) is 4.15. The summed E-state index contributed by atoms with van der Waals surface area (Å²) in [5.41, 5.74) is 0.397. The van der Waals surface area contributed by atoms with Crippen LogP contribution in [0.25, 0.3) is 0 Å². The predicted octanol–water partition coefficient (Wildman–Crippen LogP) is 4.45. The first-order chi connectivity index (χ1) is 9.42. The first-order valence-electron chi connectivity index (χ1n) is 6.77. The summed E-state index contributed by atoms with van der Waals surface area (Å²) in [6.45, 7) is 0. The summed E-state index contributed by atoms with van der Waals surface area (Å²) in [6, 6.07) is 5.04. The fourth-order valence-electron chi connectivity index (χ4n) is 3.15. The molecule has 1 saturated carbocycles. The number of carbonyl (C=O) groups is 1. The SMILES string of the molecule is O=C(O)CC1(CC(O)c2ccc(Cl)c(Cl)c2)CCCC1. The highest BCUT2D eigenvalue weighted by Crippen LogP contribution is 2.47. The second kappa shape index (κ2) is 6.33. The van der Waals surface area contributed by atoms with Crippen molar-refractivity contribution in [1.29, 1.82) is 0 Å². The van der Waals surface area contributed by atoms with Crippen molar-refractivity contribution in [3.8, 4) is 0 Å². The average molecular weight is 317 g/mol. The molecule has 1 aliphatic rings. The Balaban J connectivity index is 2.13. The van der Waals surface area contributed by atoms with Crippen molar-refractivity contribution in [3.05, 3.63) is 33.8 Å². The van der Waals surface area contributed by atoms with Gasteiger partial charge in [0.05, 0.1) is 22.6 Å². The molecule has 20 heavy (non-hydrogen) atoms. The van der Waals surface area contributed by atoms with Crippen LogP contribution in [0.1, 0.15) is 50.2 Å². The van der Waals surface area contributed by atoms with Crippen LogP contribution < -0.4 is 0 Å². The second-order valence-electron chi connectivity index (χ2n) is 5.67. The van der Waals surface area contributed by atoms with Gasteiger partial charge in [0.1, 0.15) is 0 Å². The lowest BCUT2D eigenvalue weighted by Gasteiger charge is -2.30. The molecule has 0 aromatic heterocycles. The van der Waals surface area contributed by atoms with Crippen LogP contribution in [0, 0.1) is 5.41 Å². The van der Waals surface area contributed by atoms with Crippen LogP contribution in [-0.4, -0.2) is 16.2 Å². The first-order valence-corrected chi connectivity index (χ1v) is 7.52. The number of aliphatic carboxylic acids is 1. The minimum absolute atomic E-state index is 0.116. The van der Waals surface area contributed by atoms with Gasteiger partial charge in [-0.1, -0.05) is 42.1 Å². The van der Waals surface area contributed by atoms with E-state index in [1.807, 2.05) is 0 Å². The number of hydrogen-bond donors (Lipinski definition) is 2. The number of carboxylic acids is 1. The molecule has 0 heterocycles. The first kappa shape index (κ1) is 15.6. The molecule has 0 saturated heterocycles. The Morgan fingerprint density at radius 2 is 1.90 bits per heavy atom. The molecule has 2 rings (SSSR count). The molecule has 1 aliphatic carbocycles. The molecule has 2 N–H and O–H groups in total. The van der Waals surface area contributed by atoms with E-state index in [0.29, 0.717) is 22.0 Å². The zero-order valence-electron chi connectivity index (χ0n) is 11.1. The number of carboxylic acid groups (broad SMARTS) is 1. The fourth-order valence-corrected chi connectivity index (χ4v) is 3.45. The zero-order chi connectivity index (χ0) is 14.8. The highest BCUT2D eigenvalue weighted by atomic mass is 35.5. The van der Waals surface area contributed by atoms with Crippen molar-refractivity contribution < 1.29 is 15.0 Å². The summed E-state index contributed by atoms with van der Waals surface area (Å²) in [7, 11) is 0. The molecule has 1 aromatic carbocycles. The average Bonchev–Trinajstić information content (AvgIpc) is 2.79. The molecule has 0 amide bonds. The normalized spacial score (nSPS) is 18.9. The summed E-state index contributed by atoms with van der Waals surface area (Å²) in [6.07, 6.45) is 3.64. The lowest BCUT2D eigenvalue weighted by atomic mass is 9.76. The Morgan fingerprint density at radius 1 is 1.25 bits per heavy atom. The van der Waals surface area contributed by atoms with Gasteiger partial charge in [0.2, 0.25) is 0 Å². The Hall–Kier alpha value is -0.770. The van der Waals surface area contributed by atoms with Gasteiger partial charge in [-0.25, -0.2) is 0 Å². The van der Waals surface area contributed by atoms with Gasteiger partial charge >= 0.3 is 5.97 Å². The maximum absolute atomic E-state index is 11.1. The lowest BCUT2D eigenvalue weighted by Crippen LogP contribution is -2.23. The lowest BCUT2D eigenvalue weighted by molar-refractivity contribution is -0.140. The van der Waals surface area contributed by atoms with E-state index >= 15 is 0 Å². The fraction of sp³-hybridized carbons (Fsp3) is 0.533. The quantitative estimate of drug-likeness (QED) is 0.843. The monoisotopic (exact) mass is 316 g/mol. The van der Waals surface area contributed by atoms with Crippen molar-refractivity contribution in [1.82, 2.24) is 0 Å². The molecule has 110 valence electrons. The van der Waals surface area contributed by atoms with Gasteiger partial charge in [-0.3, -0.25) is 4.79 Å². The van der Waals surface area contributed by atoms with Crippen LogP contribution in [0.4, 0.5) is 0 Å². The van der Waals surface area contributed by atoms with Gasteiger partial charge in [-0.05, 0) is 42.4 Å². The number of rotatable bonds is 5. The van der Waals surface area contributed by atoms with Gasteiger partial charge in [0.25, 0.3) is 0 Å². The second-order valence-corrected chi connectivity index (χ2v) is 6.49. The van der Waals surface area contributed by atoms with Crippen molar-refractivity contribution in [2.24, 2.45) is 5.41 Å². The number of aliphatic hydroxyl groups excluding tert-OH is 1. The molecular formula is C15H18Cl2O3. The standard InChI is InChI=1S/C15H18Cl2O3/c16-11-4-3-10(7-12(11)17)13(18)8-15(9-14(19)20)5-1-2-6-15/h3-4,7,13,18H,1-2,5-6,8-9H2,(H,19,20). The van der Waals surface area contributed by atoms with Gasteiger partial charge in [-0.15, -0.1) is 0 Å². The minimum atomic E-state index is -0.798. The molecule has 1 fully saturated rings. The molecule has 0 aliphatic heterocycles. The summed E-state index contributed by atoms with van der Waals surface area (Å²) < 4.78 is 0. The molecular weight excluding hydrogens is 299 g/mol. The van der Waals surface area contributed by atoms with Crippen molar-refractivity contribution >= 4 is 29.2 Å². The van der Waals surface area contributed by atoms with Crippen LogP contribution in [0.3, 0.4) is 0 Å². The van der Waals surface area contributed by atoms with Crippen LogP contribution in [-0.2, 0) is 4.79 Å². The third-order valence-corrected chi connectivity index (χ3v) is 4.88. The van der Waals surface area contributed by atoms with Crippen molar-refractivity contribution in [3.63, 3.8) is 0 Å². The number of aliphatic hydroxyl groups is 1. The largest absolute Gasteiger partial charge is 0.481 e. The summed E-state index contributed by atoms with van der Waals surface area (Å²) in [4.78, 5) is 11.1. The molecule has 1 unspecified atom stereocenters. The molecule has 0 radical (unpaired) electrons. The maximum Gasteiger partial charge on any atom is 0.303 e. The summed E-state index contributed by atoms with van der Waals surface area (Å²) in [5.74, 6) is -0.798. The molecule has 1 aromatic rings. The molecule has 5 heteroatoms. The third kappa shape index (κ3) is 3.66.